The standard InChI is InChI=1S/C11H22N2O2/c1-4-13(9(2)3)11(14)7-10-8-15-6-5-12-10/h9-10,12H,4-8H2,1-3H3. The van der Waals surface area contributed by atoms with Crippen molar-refractivity contribution in [3.63, 3.8) is 0 Å². The molecule has 0 aromatic rings. The Balaban J connectivity index is 2.38. The summed E-state index contributed by atoms with van der Waals surface area (Å²) in [5.74, 6) is 0.218. The first-order valence-electron chi connectivity index (χ1n) is 5.75. The highest BCUT2D eigenvalue weighted by Gasteiger charge is 2.21. The minimum absolute atomic E-state index is 0.194. The van der Waals surface area contributed by atoms with E-state index in [4.69, 9.17) is 4.74 Å². The second kappa shape index (κ2) is 6.08. The first kappa shape index (κ1) is 12.5. The number of carbonyl (C=O) groups is 1. The molecule has 0 aromatic carbocycles. The van der Waals surface area contributed by atoms with Gasteiger partial charge in [-0.3, -0.25) is 4.79 Å². The molecule has 15 heavy (non-hydrogen) atoms. The van der Waals surface area contributed by atoms with Crippen LogP contribution in [0.1, 0.15) is 27.2 Å². The summed E-state index contributed by atoms with van der Waals surface area (Å²) in [6.07, 6.45) is 0.548. The molecular formula is C11H22N2O2. The normalized spacial score (nSPS) is 21.7. The maximum atomic E-state index is 11.9. The van der Waals surface area contributed by atoms with Gasteiger partial charge in [0, 0.05) is 31.6 Å². The molecule has 0 aliphatic carbocycles. The number of amides is 1. The fourth-order valence-corrected chi connectivity index (χ4v) is 1.91. The van der Waals surface area contributed by atoms with Gasteiger partial charge < -0.3 is 15.0 Å². The van der Waals surface area contributed by atoms with Crippen molar-refractivity contribution >= 4 is 5.91 Å². The number of carbonyl (C=O) groups excluding carboxylic acids is 1. The average Bonchev–Trinajstić information content (AvgIpc) is 2.19. The number of nitrogens with zero attached hydrogens (tertiary/aromatic N) is 1. The summed E-state index contributed by atoms with van der Waals surface area (Å²) < 4.78 is 5.32. The number of nitrogens with one attached hydrogen (secondary N) is 1. The number of rotatable bonds is 4. The third kappa shape index (κ3) is 3.80. The molecule has 0 spiro atoms. The lowest BCUT2D eigenvalue weighted by atomic mass is 10.1. The van der Waals surface area contributed by atoms with Crippen LogP contribution in [0.25, 0.3) is 0 Å². The average molecular weight is 214 g/mol. The van der Waals surface area contributed by atoms with Gasteiger partial charge in [0.1, 0.15) is 0 Å². The minimum atomic E-state index is 0.194. The molecule has 1 fully saturated rings. The second-order valence-corrected chi connectivity index (χ2v) is 4.20. The number of morpholine rings is 1. The molecular weight excluding hydrogens is 192 g/mol. The summed E-state index contributed by atoms with van der Waals surface area (Å²) in [6, 6.07) is 0.478. The Hall–Kier alpha value is -0.610. The molecule has 0 radical (unpaired) electrons. The van der Waals surface area contributed by atoms with Gasteiger partial charge in [-0.2, -0.15) is 0 Å². The van der Waals surface area contributed by atoms with Crippen molar-refractivity contribution in [3.05, 3.63) is 0 Å². The predicted octanol–water partition coefficient (Wildman–Crippen LogP) is 0.622. The van der Waals surface area contributed by atoms with E-state index >= 15 is 0 Å². The van der Waals surface area contributed by atoms with Gasteiger partial charge in [-0.1, -0.05) is 0 Å². The molecule has 1 atom stereocenters. The van der Waals surface area contributed by atoms with E-state index < -0.39 is 0 Å². The molecule has 1 heterocycles. The van der Waals surface area contributed by atoms with E-state index in [1.807, 2.05) is 25.7 Å². The van der Waals surface area contributed by atoms with E-state index in [1.165, 1.54) is 0 Å². The zero-order valence-electron chi connectivity index (χ0n) is 9.95. The smallest absolute Gasteiger partial charge is 0.224 e. The Morgan fingerprint density at radius 1 is 1.60 bits per heavy atom. The van der Waals surface area contributed by atoms with Crippen LogP contribution < -0.4 is 5.32 Å². The quantitative estimate of drug-likeness (QED) is 0.746. The molecule has 1 aliphatic rings. The zero-order chi connectivity index (χ0) is 11.3. The van der Waals surface area contributed by atoms with Crippen LogP contribution in [-0.4, -0.2) is 49.2 Å². The third-order valence-electron chi connectivity index (χ3n) is 2.70. The van der Waals surface area contributed by atoms with Crippen LogP contribution in [0, 0.1) is 0 Å². The fourth-order valence-electron chi connectivity index (χ4n) is 1.91. The number of ether oxygens (including phenoxy) is 1. The van der Waals surface area contributed by atoms with Crippen LogP contribution in [0.3, 0.4) is 0 Å². The molecule has 4 heteroatoms. The van der Waals surface area contributed by atoms with E-state index in [-0.39, 0.29) is 18.0 Å². The Labute approximate surface area is 92.0 Å². The summed E-state index contributed by atoms with van der Waals surface area (Å²) in [7, 11) is 0. The highest BCUT2D eigenvalue weighted by atomic mass is 16.5. The Kier molecular flexibility index (Phi) is 5.05. The fraction of sp³-hybridized carbons (Fsp3) is 0.909. The van der Waals surface area contributed by atoms with Crippen LogP contribution in [-0.2, 0) is 9.53 Å². The molecule has 1 unspecified atom stereocenters. The summed E-state index contributed by atoms with van der Waals surface area (Å²) >= 11 is 0. The van der Waals surface area contributed by atoms with Gasteiger partial charge in [0.25, 0.3) is 0 Å². The highest BCUT2D eigenvalue weighted by molar-refractivity contribution is 5.77. The van der Waals surface area contributed by atoms with E-state index in [0.29, 0.717) is 13.0 Å². The predicted molar refractivity (Wildman–Crippen MR) is 59.7 cm³/mol. The van der Waals surface area contributed by atoms with Crippen LogP contribution in [0.15, 0.2) is 0 Å². The Morgan fingerprint density at radius 3 is 2.80 bits per heavy atom. The van der Waals surface area contributed by atoms with Crippen LogP contribution >= 0.6 is 0 Å². The first-order chi connectivity index (χ1) is 7.15. The van der Waals surface area contributed by atoms with Gasteiger partial charge in [0.15, 0.2) is 0 Å². The van der Waals surface area contributed by atoms with Crippen molar-refractivity contribution in [2.75, 3.05) is 26.3 Å². The molecule has 1 saturated heterocycles. The van der Waals surface area contributed by atoms with E-state index in [2.05, 4.69) is 5.32 Å². The first-order valence-corrected chi connectivity index (χ1v) is 5.75. The molecule has 1 amide bonds. The largest absolute Gasteiger partial charge is 0.378 e. The van der Waals surface area contributed by atoms with Crippen LogP contribution in [0.5, 0.6) is 0 Å². The lowest BCUT2D eigenvalue weighted by molar-refractivity contribution is -0.133. The molecule has 0 saturated carbocycles. The molecule has 1 aliphatic heterocycles. The van der Waals surface area contributed by atoms with Gasteiger partial charge in [-0.05, 0) is 20.8 Å². The summed E-state index contributed by atoms with van der Waals surface area (Å²) in [4.78, 5) is 13.8. The SMILES string of the molecule is CCN(C(=O)CC1COCCN1)C(C)C. The van der Waals surface area contributed by atoms with Gasteiger partial charge in [-0.25, -0.2) is 0 Å². The van der Waals surface area contributed by atoms with Crippen molar-refractivity contribution in [1.29, 1.82) is 0 Å². The molecule has 0 bridgehead atoms. The number of hydrogen-bond acceptors (Lipinski definition) is 3. The van der Waals surface area contributed by atoms with Crippen LogP contribution in [0.2, 0.25) is 0 Å². The maximum absolute atomic E-state index is 11.9. The second-order valence-electron chi connectivity index (χ2n) is 4.20. The van der Waals surface area contributed by atoms with Crippen molar-refractivity contribution in [2.24, 2.45) is 0 Å². The Morgan fingerprint density at radius 2 is 2.33 bits per heavy atom. The zero-order valence-corrected chi connectivity index (χ0v) is 9.95. The molecule has 88 valence electrons. The van der Waals surface area contributed by atoms with Crippen molar-refractivity contribution in [2.45, 2.75) is 39.3 Å². The van der Waals surface area contributed by atoms with Gasteiger partial charge >= 0.3 is 0 Å². The maximum Gasteiger partial charge on any atom is 0.224 e. The molecule has 1 N–H and O–H groups in total. The van der Waals surface area contributed by atoms with Crippen molar-refractivity contribution in [3.8, 4) is 0 Å². The molecule has 0 aromatic heterocycles. The lowest BCUT2D eigenvalue weighted by Gasteiger charge is -2.29. The lowest BCUT2D eigenvalue weighted by Crippen LogP contribution is -2.46. The van der Waals surface area contributed by atoms with Gasteiger partial charge in [0.05, 0.1) is 13.2 Å². The molecule has 4 nitrogen and oxygen atoms in total. The summed E-state index contributed by atoms with van der Waals surface area (Å²) in [5, 5.41) is 3.30. The van der Waals surface area contributed by atoms with Crippen molar-refractivity contribution < 1.29 is 9.53 Å². The minimum Gasteiger partial charge on any atom is -0.378 e. The van der Waals surface area contributed by atoms with E-state index in [1.54, 1.807) is 0 Å². The summed E-state index contributed by atoms with van der Waals surface area (Å²) in [6.45, 7) is 9.16. The number of hydrogen-bond donors (Lipinski definition) is 1. The third-order valence-corrected chi connectivity index (χ3v) is 2.70. The summed E-state index contributed by atoms with van der Waals surface area (Å²) in [5.41, 5.74) is 0. The topological polar surface area (TPSA) is 41.6 Å². The molecule has 1 rings (SSSR count). The van der Waals surface area contributed by atoms with E-state index in [9.17, 15) is 4.79 Å². The highest BCUT2D eigenvalue weighted by Crippen LogP contribution is 2.05. The monoisotopic (exact) mass is 214 g/mol. The van der Waals surface area contributed by atoms with Crippen molar-refractivity contribution in [1.82, 2.24) is 10.2 Å². The van der Waals surface area contributed by atoms with Gasteiger partial charge in [-0.15, -0.1) is 0 Å². The van der Waals surface area contributed by atoms with Gasteiger partial charge in [0.2, 0.25) is 5.91 Å². The van der Waals surface area contributed by atoms with E-state index in [0.717, 1.165) is 19.7 Å². The Bertz CT molecular complexity index is 201. The van der Waals surface area contributed by atoms with Crippen LogP contribution in [0.4, 0.5) is 0 Å².